The molecule has 2 aromatic heterocycles. The molecule has 8 heteroatoms. The highest BCUT2D eigenvalue weighted by Gasteiger charge is 2.18. The molecule has 0 amide bonds. The van der Waals surface area contributed by atoms with Crippen LogP contribution >= 0.6 is 0 Å². The van der Waals surface area contributed by atoms with Crippen molar-refractivity contribution in [3.63, 3.8) is 0 Å². The van der Waals surface area contributed by atoms with Crippen LogP contribution in [0.25, 0.3) is 11.4 Å². The minimum absolute atomic E-state index is 0.109. The first kappa shape index (κ1) is 14.1. The van der Waals surface area contributed by atoms with E-state index in [1.54, 1.807) is 12.3 Å². The van der Waals surface area contributed by atoms with Gasteiger partial charge in [-0.25, -0.2) is 4.68 Å². The van der Waals surface area contributed by atoms with Gasteiger partial charge < -0.3 is 9.84 Å². The van der Waals surface area contributed by atoms with Crippen LogP contribution in [0.5, 0.6) is 0 Å². The van der Waals surface area contributed by atoms with Crippen LogP contribution < -0.4 is 0 Å². The highest BCUT2D eigenvalue weighted by Crippen LogP contribution is 2.18. The van der Waals surface area contributed by atoms with Crippen LogP contribution in [0.15, 0.2) is 18.3 Å². The van der Waals surface area contributed by atoms with E-state index < -0.39 is 12.1 Å². The maximum Gasteiger partial charge on any atom is 0.306 e. The molecule has 2 heterocycles. The Labute approximate surface area is 115 Å². The van der Waals surface area contributed by atoms with E-state index in [9.17, 15) is 4.79 Å². The summed E-state index contributed by atoms with van der Waals surface area (Å²) in [5.74, 6) is -0.382. The maximum atomic E-state index is 10.8. The van der Waals surface area contributed by atoms with E-state index in [0.717, 1.165) is 11.3 Å². The van der Waals surface area contributed by atoms with Gasteiger partial charge >= 0.3 is 5.97 Å². The van der Waals surface area contributed by atoms with Gasteiger partial charge in [-0.2, -0.15) is 0 Å². The summed E-state index contributed by atoms with van der Waals surface area (Å²) in [7, 11) is 1.47. The summed E-state index contributed by atoms with van der Waals surface area (Å²) in [5, 5.41) is 20.3. The molecule has 2 rings (SSSR count). The van der Waals surface area contributed by atoms with E-state index in [0.29, 0.717) is 5.82 Å². The number of tetrazole rings is 1. The lowest BCUT2D eigenvalue weighted by atomic mass is 10.2. The van der Waals surface area contributed by atoms with E-state index in [4.69, 9.17) is 9.84 Å². The summed E-state index contributed by atoms with van der Waals surface area (Å²) in [6, 6.07) is 3.66. The van der Waals surface area contributed by atoms with Crippen molar-refractivity contribution >= 4 is 5.97 Å². The second-order valence-electron chi connectivity index (χ2n) is 4.28. The zero-order valence-electron chi connectivity index (χ0n) is 11.2. The standard InChI is InChI=1S/C12H15N5O3/c1-8-10(4-3-5-13-8)12-14-15-16-17(12)7-9(20-2)6-11(18)19/h3-5,9H,6-7H2,1-2H3,(H,18,19). The second kappa shape index (κ2) is 6.20. The predicted molar refractivity (Wildman–Crippen MR) is 68.8 cm³/mol. The lowest BCUT2D eigenvalue weighted by molar-refractivity contribution is -0.140. The molecule has 0 radical (unpaired) electrons. The van der Waals surface area contributed by atoms with E-state index in [1.165, 1.54) is 11.8 Å². The molecule has 0 bridgehead atoms. The average molecular weight is 277 g/mol. The smallest absolute Gasteiger partial charge is 0.306 e. The van der Waals surface area contributed by atoms with E-state index in [1.807, 2.05) is 13.0 Å². The number of carbonyl (C=O) groups is 1. The zero-order chi connectivity index (χ0) is 14.5. The molecule has 0 aliphatic carbocycles. The average Bonchev–Trinajstić information content (AvgIpc) is 2.86. The molecule has 0 saturated heterocycles. The second-order valence-corrected chi connectivity index (χ2v) is 4.28. The van der Waals surface area contributed by atoms with Crippen molar-refractivity contribution in [2.45, 2.75) is 26.0 Å². The summed E-state index contributed by atoms with van der Waals surface area (Å²) in [6.45, 7) is 2.12. The van der Waals surface area contributed by atoms with Gasteiger partial charge in [-0.3, -0.25) is 9.78 Å². The fourth-order valence-electron chi connectivity index (χ4n) is 1.85. The van der Waals surface area contributed by atoms with Gasteiger partial charge in [0.25, 0.3) is 0 Å². The third-order valence-electron chi connectivity index (χ3n) is 2.89. The number of aliphatic carboxylic acids is 1. The van der Waals surface area contributed by atoms with Crippen LogP contribution in [0, 0.1) is 6.92 Å². The van der Waals surface area contributed by atoms with Crippen molar-refractivity contribution in [1.29, 1.82) is 0 Å². The van der Waals surface area contributed by atoms with Crippen LogP contribution in [0.1, 0.15) is 12.1 Å². The molecule has 1 unspecified atom stereocenters. The van der Waals surface area contributed by atoms with Gasteiger partial charge in [0.2, 0.25) is 0 Å². The molecule has 8 nitrogen and oxygen atoms in total. The first-order valence-electron chi connectivity index (χ1n) is 6.04. The number of carboxylic acid groups (broad SMARTS) is 1. The van der Waals surface area contributed by atoms with Crippen molar-refractivity contribution in [2.75, 3.05) is 7.11 Å². The number of hydrogen-bond donors (Lipinski definition) is 1. The largest absolute Gasteiger partial charge is 0.481 e. The summed E-state index contributed by atoms with van der Waals surface area (Å²) < 4.78 is 6.67. The number of nitrogens with zero attached hydrogens (tertiary/aromatic N) is 5. The molecule has 0 saturated carbocycles. The van der Waals surface area contributed by atoms with Crippen molar-refractivity contribution in [3.8, 4) is 11.4 Å². The van der Waals surface area contributed by atoms with E-state index >= 15 is 0 Å². The number of hydrogen-bond acceptors (Lipinski definition) is 6. The van der Waals surface area contributed by atoms with Gasteiger partial charge in [0.05, 0.1) is 19.1 Å². The Morgan fingerprint density at radius 2 is 2.35 bits per heavy atom. The summed E-state index contributed by atoms with van der Waals surface area (Å²) in [6.07, 6.45) is 1.09. The number of carboxylic acids is 1. The van der Waals surface area contributed by atoms with E-state index in [-0.39, 0.29) is 13.0 Å². The summed E-state index contributed by atoms with van der Waals surface area (Å²) in [4.78, 5) is 14.9. The Morgan fingerprint density at radius 1 is 1.55 bits per heavy atom. The van der Waals surface area contributed by atoms with Gasteiger partial charge in [0.15, 0.2) is 5.82 Å². The first-order valence-corrected chi connectivity index (χ1v) is 6.04. The monoisotopic (exact) mass is 277 g/mol. The Bertz CT molecular complexity index is 598. The molecule has 1 N–H and O–H groups in total. The molecule has 0 aliphatic heterocycles. The van der Waals surface area contributed by atoms with Crippen LogP contribution in [0.2, 0.25) is 0 Å². The normalized spacial score (nSPS) is 12.3. The van der Waals surface area contributed by atoms with E-state index in [2.05, 4.69) is 20.5 Å². The molecular weight excluding hydrogens is 262 g/mol. The number of aryl methyl sites for hydroxylation is 1. The van der Waals surface area contributed by atoms with Gasteiger partial charge in [-0.1, -0.05) is 0 Å². The van der Waals surface area contributed by atoms with Crippen molar-refractivity contribution in [3.05, 3.63) is 24.0 Å². The first-order chi connectivity index (χ1) is 9.61. The SMILES string of the molecule is COC(CC(=O)O)Cn1nnnc1-c1cccnc1C. The van der Waals surface area contributed by atoms with Crippen molar-refractivity contribution in [2.24, 2.45) is 0 Å². The topological polar surface area (TPSA) is 103 Å². The summed E-state index contributed by atoms with van der Waals surface area (Å²) >= 11 is 0. The number of pyridine rings is 1. The molecule has 0 aromatic carbocycles. The third-order valence-corrected chi connectivity index (χ3v) is 2.89. The number of aromatic nitrogens is 5. The Hall–Kier alpha value is -2.35. The van der Waals surface area contributed by atoms with Gasteiger partial charge in [0, 0.05) is 24.6 Å². The highest BCUT2D eigenvalue weighted by atomic mass is 16.5. The van der Waals surface area contributed by atoms with Crippen LogP contribution in [-0.4, -0.2) is 49.5 Å². The molecule has 20 heavy (non-hydrogen) atoms. The predicted octanol–water partition coefficient (Wildman–Crippen LogP) is 0.533. The quantitative estimate of drug-likeness (QED) is 0.821. The lowest BCUT2D eigenvalue weighted by Gasteiger charge is -2.13. The van der Waals surface area contributed by atoms with Crippen molar-refractivity contribution < 1.29 is 14.6 Å². The minimum Gasteiger partial charge on any atom is -0.481 e. The molecule has 2 aromatic rings. The molecule has 1 atom stereocenters. The van der Waals surface area contributed by atoms with Crippen LogP contribution in [0.4, 0.5) is 0 Å². The molecule has 0 spiro atoms. The fraction of sp³-hybridized carbons (Fsp3) is 0.417. The van der Waals surface area contributed by atoms with Gasteiger partial charge in [0.1, 0.15) is 0 Å². The maximum absolute atomic E-state index is 10.8. The Morgan fingerprint density at radius 3 is 3.00 bits per heavy atom. The third kappa shape index (κ3) is 3.15. The van der Waals surface area contributed by atoms with Gasteiger partial charge in [-0.15, -0.1) is 5.10 Å². The minimum atomic E-state index is -0.927. The molecule has 106 valence electrons. The van der Waals surface area contributed by atoms with Crippen molar-refractivity contribution in [1.82, 2.24) is 25.2 Å². The van der Waals surface area contributed by atoms with Crippen LogP contribution in [-0.2, 0) is 16.1 Å². The Kier molecular flexibility index (Phi) is 4.36. The lowest BCUT2D eigenvalue weighted by Crippen LogP contribution is -2.23. The number of rotatable bonds is 6. The van der Waals surface area contributed by atoms with Crippen LogP contribution in [0.3, 0.4) is 0 Å². The summed E-state index contributed by atoms with van der Waals surface area (Å²) in [5.41, 5.74) is 1.61. The Balaban J connectivity index is 2.25. The van der Waals surface area contributed by atoms with Gasteiger partial charge in [-0.05, 0) is 29.5 Å². The highest BCUT2D eigenvalue weighted by molar-refractivity contribution is 5.67. The fourth-order valence-corrected chi connectivity index (χ4v) is 1.85. The molecule has 0 aliphatic rings. The molecular formula is C12H15N5O3. The molecule has 0 fully saturated rings. The number of ether oxygens (including phenoxy) is 1. The number of methoxy groups -OCH3 is 1. The zero-order valence-corrected chi connectivity index (χ0v) is 11.2.